The summed E-state index contributed by atoms with van der Waals surface area (Å²) < 4.78 is 0. The summed E-state index contributed by atoms with van der Waals surface area (Å²) in [5, 5.41) is 14.9. The van der Waals surface area contributed by atoms with Crippen molar-refractivity contribution in [2.75, 3.05) is 6.61 Å². The summed E-state index contributed by atoms with van der Waals surface area (Å²) in [5.41, 5.74) is 5.59. The average Bonchev–Trinajstić information content (AvgIpc) is 2.65. The number of rotatable bonds is 9. The summed E-state index contributed by atoms with van der Waals surface area (Å²) in [6.07, 6.45) is 3.35. The van der Waals surface area contributed by atoms with E-state index >= 15 is 0 Å². The molecule has 1 atom stereocenters. The van der Waals surface area contributed by atoms with Crippen LogP contribution in [0, 0.1) is 20.8 Å². The van der Waals surface area contributed by atoms with Crippen LogP contribution in [0.25, 0.3) is 0 Å². The molecule has 1 aromatic carbocycles. The lowest BCUT2D eigenvalue weighted by atomic mass is 9.76. The minimum absolute atomic E-state index is 0.0731. The maximum absolute atomic E-state index is 13.1. The standard InChI is InChI=1S/C25H35NO4/c1-7-10-19(26-30-9-3)25-21(28)13-18(14-22(25)29)23-15(4)12-16(5)24(17(23)6)20(27)11-8-2/h12,18,28H,7-11,13-14H2,1-6H3/b26-19+. The summed E-state index contributed by atoms with van der Waals surface area (Å²) in [6.45, 7) is 12.2. The lowest BCUT2D eigenvalue weighted by Crippen LogP contribution is -2.25. The van der Waals surface area contributed by atoms with Gasteiger partial charge in [0, 0.05) is 24.8 Å². The van der Waals surface area contributed by atoms with Gasteiger partial charge in [0.05, 0.1) is 11.3 Å². The average molecular weight is 414 g/mol. The van der Waals surface area contributed by atoms with Crippen LogP contribution >= 0.6 is 0 Å². The van der Waals surface area contributed by atoms with Crippen molar-refractivity contribution in [1.29, 1.82) is 0 Å². The molecule has 30 heavy (non-hydrogen) atoms. The molecule has 0 fully saturated rings. The number of carbonyl (C=O) groups excluding carboxylic acids is 2. The quantitative estimate of drug-likeness (QED) is 0.304. The number of allylic oxidation sites excluding steroid dienone is 2. The van der Waals surface area contributed by atoms with E-state index in [4.69, 9.17) is 4.84 Å². The minimum Gasteiger partial charge on any atom is -0.511 e. The number of benzene rings is 1. The fourth-order valence-electron chi connectivity index (χ4n) is 4.63. The van der Waals surface area contributed by atoms with Gasteiger partial charge in [0.15, 0.2) is 11.6 Å². The fourth-order valence-corrected chi connectivity index (χ4v) is 4.63. The van der Waals surface area contributed by atoms with Gasteiger partial charge in [-0.25, -0.2) is 0 Å². The molecule has 1 aromatic rings. The van der Waals surface area contributed by atoms with E-state index in [1.54, 1.807) is 0 Å². The van der Waals surface area contributed by atoms with Crippen LogP contribution in [0.1, 0.15) is 97.8 Å². The Kier molecular flexibility index (Phi) is 8.39. The van der Waals surface area contributed by atoms with Crippen LogP contribution in [0.15, 0.2) is 22.6 Å². The van der Waals surface area contributed by atoms with Gasteiger partial charge in [-0.1, -0.05) is 31.5 Å². The zero-order chi connectivity index (χ0) is 22.4. The van der Waals surface area contributed by atoms with Gasteiger partial charge in [0.1, 0.15) is 12.4 Å². The van der Waals surface area contributed by atoms with E-state index in [0.717, 1.165) is 40.7 Å². The number of ketones is 2. The third kappa shape index (κ3) is 5.00. The van der Waals surface area contributed by atoms with Crippen molar-refractivity contribution in [3.05, 3.63) is 45.2 Å². The number of carbonyl (C=O) groups is 2. The summed E-state index contributed by atoms with van der Waals surface area (Å²) in [7, 11) is 0. The van der Waals surface area contributed by atoms with Crippen LogP contribution < -0.4 is 0 Å². The maximum Gasteiger partial charge on any atom is 0.168 e. The van der Waals surface area contributed by atoms with E-state index in [1.807, 2.05) is 47.6 Å². The fraction of sp³-hybridized carbons (Fsp3) is 0.560. The predicted octanol–water partition coefficient (Wildman–Crippen LogP) is 6.05. The van der Waals surface area contributed by atoms with Crippen molar-refractivity contribution in [2.45, 2.75) is 86.0 Å². The normalized spacial score (nSPS) is 17.5. The number of aliphatic hydroxyl groups is 1. The second-order valence-electron chi connectivity index (χ2n) is 8.15. The number of aryl methyl sites for hydroxylation is 2. The van der Waals surface area contributed by atoms with Crippen LogP contribution in [0.2, 0.25) is 0 Å². The highest BCUT2D eigenvalue weighted by atomic mass is 16.6. The monoisotopic (exact) mass is 413 g/mol. The molecule has 5 nitrogen and oxygen atoms in total. The van der Waals surface area contributed by atoms with Crippen LogP contribution in [0.4, 0.5) is 0 Å². The van der Waals surface area contributed by atoms with Crippen molar-refractivity contribution in [2.24, 2.45) is 5.16 Å². The van der Waals surface area contributed by atoms with Crippen molar-refractivity contribution in [1.82, 2.24) is 0 Å². The van der Waals surface area contributed by atoms with Gasteiger partial charge in [-0.3, -0.25) is 9.59 Å². The predicted molar refractivity (Wildman–Crippen MR) is 120 cm³/mol. The van der Waals surface area contributed by atoms with Gasteiger partial charge < -0.3 is 9.94 Å². The van der Waals surface area contributed by atoms with Crippen molar-refractivity contribution in [3.63, 3.8) is 0 Å². The molecule has 0 saturated heterocycles. The van der Waals surface area contributed by atoms with E-state index < -0.39 is 0 Å². The topological polar surface area (TPSA) is 76.0 Å². The van der Waals surface area contributed by atoms with Crippen molar-refractivity contribution in [3.8, 4) is 0 Å². The first-order chi connectivity index (χ1) is 14.3. The number of Topliss-reactive ketones (excluding diaryl/α,β-unsaturated/α-hetero) is 2. The van der Waals surface area contributed by atoms with E-state index in [1.165, 1.54) is 0 Å². The number of nitrogens with zero attached hydrogens (tertiary/aromatic N) is 1. The van der Waals surface area contributed by atoms with Crippen molar-refractivity contribution < 1.29 is 19.5 Å². The van der Waals surface area contributed by atoms with Crippen molar-refractivity contribution >= 4 is 17.3 Å². The van der Waals surface area contributed by atoms with Gasteiger partial charge in [0.25, 0.3) is 0 Å². The molecular formula is C25H35NO4. The number of hydrogen-bond donors (Lipinski definition) is 1. The Labute approximate surface area is 180 Å². The molecule has 0 bridgehead atoms. The van der Waals surface area contributed by atoms with E-state index in [2.05, 4.69) is 5.16 Å². The zero-order valence-electron chi connectivity index (χ0n) is 19.2. The van der Waals surface area contributed by atoms with E-state index in [-0.39, 0.29) is 23.2 Å². The highest BCUT2D eigenvalue weighted by Crippen LogP contribution is 2.39. The van der Waals surface area contributed by atoms with E-state index in [9.17, 15) is 14.7 Å². The van der Waals surface area contributed by atoms with Crippen LogP contribution in [-0.4, -0.2) is 29.0 Å². The molecule has 0 amide bonds. The lowest BCUT2D eigenvalue weighted by molar-refractivity contribution is -0.116. The Morgan fingerprint density at radius 1 is 1.10 bits per heavy atom. The Balaban J connectivity index is 2.49. The molecule has 0 saturated carbocycles. The van der Waals surface area contributed by atoms with Gasteiger partial charge >= 0.3 is 0 Å². The summed E-state index contributed by atoms with van der Waals surface area (Å²) in [5.74, 6) is -0.0455. The van der Waals surface area contributed by atoms with Gasteiger partial charge in [-0.15, -0.1) is 0 Å². The molecule has 5 heteroatoms. The van der Waals surface area contributed by atoms with E-state index in [0.29, 0.717) is 43.6 Å². The number of hydrogen-bond acceptors (Lipinski definition) is 5. The highest BCUT2D eigenvalue weighted by Gasteiger charge is 2.33. The lowest BCUT2D eigenvalue weighted by Gasteiger charge is -2.28. The largest absolute Gasteiger partial charge is 0.511 e. The number of aliphatic hydroxyl groups excluding tert-OH is 1. The number of oxime groups is 1. The van der Waals surface area contributed by atoms with Gasteiger partial charge in [0.2, 0.25) is 0 Å². The van der Waals surface area contributed by atoms with Crippen LogP contribution in [0.3, 0.4) is 0 Å². The van der Waals surface area contributed by atoms with Gasteiger partial charge in [-0.2, -0.15) is 0 Å². The molecule has 1 aliphatic carbocycles. The van der Waals surface area contributed by atoms with Crippen LogP contribution in [-0.2, 0) is 9.63 Å². The molecule has 0 spiro atoms. The Bertz CT molecular complexity index is 880. The molecule has 1 aliphatic rings. The maximum atomic E-state index is 13.1. The molecule has 164 valence electrons. The first-order valence-electron chi connectivity index (χ1n) is 11.0. The van der Waals surface area contributed by atoms with Crippen LogP contribution in [0.5, 0.6) is 0 Å². The second-order valence-corrected chi connectivity index (χ2v) is 8.15. The first-order valence-corrected chi connectivity index (χ1v) is 11.0. The molecule has 0 aromatic heterocycles. The molecule has 1 unspecified atom stereocenters. The molecular weight excluding hydrogens is 378 g/mol. The zero-order valence-corrected chi connectivity index (χ0v) is 19.2. The molecule has 0 aliphatic heterocycles. The Hall–Kier alpha value is -2.43. The molecule has 0 heterocycles. The Morgan fingerprint density at radius 3 is 2.33 bits per heavy atom. The summed E-state index contributed by atoms with van der Waals surface area (Å²) in [4.78, 5) is 31.0. The second kappa shape index (κ2) is 10.6. The minimum atomic E-state index is -0.148. The third-order valence-corrected chi connectivity index (χ3v) is 5.71. The molecule has 1 N–H and O–H groups in total. The SMILES string of the molecule is CCCC(=O)c1c(C)cc(C)c(C2CC(=O)C(/C(CCC)=N/OCC)=C(O)C2)c1C. The summed E-state index contributed by atoms with van der Waals surface area (Å²) >= 11 is 0. The third-order valence-electron chi connectivity index (χ3n) is 5.71. The molecule has 0 radical (unpaired) electrons. The molecule has 2 rings (SSSR count). The smallest absolute Gasteiger partial charge is 0.168 e. The first kappa shape index (κ1) is 23.8. The summed E-state index contributed by atoms with van der Waals surface area (Å²) in [6, 6.07) is 2.03. The highest BCUT2D eigenvalue weighted by molar-refractivity contribution is 6.23. The van der Waals surface area contributed by atoms with Gasteiger partial charge in [-0.05, 0) is 68.7 Å². The Morgan fingerprint density at radius 2 is 1.77 bits per heavy atom.